The predicted molar refractivity (Wildman–Crippen MR) is 69.3 cm³/mol. The lowest BCUT2D eigenvalue weighted by Gasteiger charge is -2.11. The van der Waals surface area contributed by atoms with Crippen molar-refractivity contribution in [1.29, 1.82) is 0 Å². The fraction of sp³-hybridized carbons (Fsp3) is 0.455. The number of halogens is 3. The Morgan fingerprint density at radius 3 is 2.71 bits per heavy atom. The lowest BCUT2D eigenvalue weighted by Crippen LogP contribution is -2.27. The van der Waals surface area contributed by atoms with Crippen LogP contribution in [0.2, 0.25) is 0 Å². The molecule has 1 rings (SSSR count). The quantitative estimate of drug-likeness (QED) is 0.843. The number of hydrogen-bond donors (Lipinski definition) is 1. The molecule has 0 spiro atoms. The van der Waals surface area contributed by atoms with Crippen LogP contribution in [-0.2, 0) is 17.3 Å². The molecular weight excluding hydrogens is 312 g/mol. The monoisotopic (exact) mass is 325 g/mol. The first kappa shape index (κ1) is 14.7. The van der Waals surface area contributed by atoms with E-state index in [9.17, 15) is 13.0 Å². The van der Waals surface area contributed by atoms with Crippen LogP contribution in [0.1, 0.15) is 12.5 Å². The van der Waals surface area contributed by atoms with Gasteiger partial charge in [-0.3, -0.25) is 4.21 Å². The Hall–Kier alpha value is -0.330. The maximum atomic E-state index is 13.6. The van der Waals surface area contributed by atoms with E-state index in [4.69, 9.17) is 0 Å². The summed E-state index contributed by atoms with van der Waals surface area (Å²) in [6, 6.07) is 2.55. The van der Waals surface area contributed by atoms with Crippen molar-refractivity contribution in [3.63, 3.8) is 0 Å². The molecule has 6 heteroatoms. The van der Waals surface area contributed by atoms with Crippen molar-refractivity contribution in [2.75, 3.05) is 12.8 Å². The SMILES string of the molecule is CC(CNCc1c(F)ccc(Br)c1F)S(C)=O. The molecule has 0 bridgehead atoms. The van der Waals surface area contributed by atoms with Crippen LogP contribution in [-0.4, -0.2) is 22.3 Å². The van der Waals surface area contributed by atoms with E-state index in [2.05, 4.69) is 21.2 Å². The molecule has 1 aromatic carbocycles. The van der Waals surface area contributed by atoms with Gasteiger partial charge in [-0.2, -0.15) is 0 Å². The molecule has 0 amide bonds. The van der Waals surface area contributed by atoms with Gasteiger partial charge in [0, 0.05) is 41.0 Å². The highest BCUT2D eigenvalue weighted by Crippen LogP contribution is 2.21. The van der Waals surface area contributed by atoms with E-state index in [1.54, 1.807) is 6.26 Å². The summed E-state index contributed by atoms with van der Waals surface area (Å²) in [5.41, 5.74) is -0.00606. The standard InChI is InChI=1S/C11H14BrF2NOS/c1-7(17(2)16)5-15-6-8-10(13)4-3-9(12)11(8)14/h3-4,7,15H,5-6H2,1-2H3. The van der Waals surface area contributed by atoms with Crippen molar-refractivity contribution in [2.45, 2.75) is 18.7 Å². The predicted octanol–water partition coefficient (Wildman–Crippen LogP) is 2.58. The minimum absolute atomic E-state index is 0.00606. The largest absolute Gasteiger partial charge is 0.311 e. The van der Waals surface area contributed by atoms with E-state index >= 15 is 0 Å². The highest BCUT2D eigenvalue weighted by Gasteiger charge is 2.12. The number of benzene rings is 1. The van der Waals surface area contributed by atoms with Gasteiger partial charge >= 0.3 is 0 Å². The maximum absolute atomic E-state index is 13.6. The van der Waals surface area contributed by atoms with Crippen LogP contribution >= 0.6 is 15.9 Å². The van der Waals surface area contributed by atoms with Gasteiger partial charge in [0.1, 0.15) is 11.6 Å². The Labute approximate surface area is 110 Å². The average molecular weight is 326 g/mol. The van der Waals surface area contributed by atoms with Gasteiger partial charge < -0.3 is 5.32 Å². The first-order valence-electron chi connectivity index (χ1n) is 5.08. The van der Waals surface area contributed by atoms with E-state index in [-0.39, 0.29) is 21.8 Å². The molecule has 0 aliphatic carbocycles. The Balaban J connectivity index is 2.64. The van der Waals surface area contributed by atoms with Crippen LogP contribution in [0.25, 0.3) is 0 Å². The van der Waals surface area contributed by atoms with Gasteiger partial charge in [0.2, 0.25) is 0 Å². The molecule has 1 N–H and O–H groups in total. The van der Waals surface area contributed by atoms with E-state index in [1.165, 1.54) is 12.1 Å². The van der Waals surface area contributed by atoms with Gasteiger partial charge in [0.15, 0.2) is 0 Å². The van der Waals surface area contributed by atoms with Crippen LogP contribution in [0, 0.1) is 11.6 Å². The van der Waals surface area contributed by atoms with Crippen LogP contribution in [0.15, 0.2) is 16.6 Å². The van der Waals surface area contributed by atoms with Crippen molar-refractivity contribution >= 4 is 26.7 Å². The molecule has 0 saturated carbocycles. The van der Waals surface area contributed by atoms with Crippen LogP contribution in [0.4, 0.5) is 8.78 Å². The molecule has 2 atom stereocenters. The molecule has 0 radical (unpaired) electrons. The minimum atomic E-state index is -0.943. The highest BCUT2D eigenvalue weighted by molar-refractivity contribution is 9.10. The van der Waals surface area contributed by atoms with Crippen molar-refractivity contribution in [1.82, 2.24) is 5.32 Å². The summed E-state index contributed by atoms with van der Waals surface area (Å²) in [6.45, 7) is 2.35. The van der Waals surface area contributed by atoms with Crippen molar-refractivity contribution < 1.29 is 13.0 Å². The van der Waals surface area contributed by atoms with E-state index in [0.29, 0.717) is 6.54 Å². The Morgan fingerprint density at radius 2 is 2.12 bits per heavy atom. The Bertz CT molecular complexity index is 428. The molecule has 0 aromatic heterocycles. The number of nitrogens with one attached hydrogen (secondary N) is 1. The molecule has 1 aromatic rings. The second kappa shape index (κ2) is 6.56. The third-order valence-corrected chi connectivity index (χ3v) is 4.35. The summed E-state index contributed by atoms with van der Waals surface area (Å²) in [5.74, 6) is -1.17. The van der Waals surface area contributed by atoms with Crippen LogP contribution in [0.5, 0.6) is 0 Å². The van der Waals surface area contributed by atoms with E-state index < -0.39 is 22.4 Å². The Kier molecular flexibility index (Phi) is 5.69. The molecule has 2 nitrogen and oxygen atoms in total. The molecular formula is C11H14BrF2NOS. The fourth-order valence-corrected chi connectivity index (χ4v) is 1.97. The first-order chi connectivity index (χ1) is 7.93. The van der Waals surface area contributed by atoms with Gasteiger partial charge in [-0.05, 0) is 35.0 Å². The average Bonchev–Trinajstić information content (AvgIpc) is 2.28. The zero-order chi connectivity index (χ0) is 13.0. The molecule has 0 heterocycles. The second-order valence-corrected chi connectivity index (χ2v) is 6.42. The molecule has 96 valence electrons. The number of rotatable bonds is 5. The van der Waals surface area contributed by atoms with Gasteiger partial charge in [-0.25, -0.2) is 8.78 Å². The third kappa shape index (κ3) is 4.12. The van der Waals surface area contributed by atoms with Crippen molar-refractivity contribution in [3.05, 3.63) is 33.8 Å². The molecule has 2 unspecified atom stereocenters. The summed E-state index contributed by atoms with van der Waals surface area (Å²) in [5, 5.41) is 2.85. The molecule has 0 aliphatic rings. The number of hydrogen-bond acceptors (Lipinski definition) is 2. The zero-order valence-electron chi connectivity index (χ0n) is 9.60. The van der Waals surface area contributed by atoms with Crippen molar-refractivity contribution in [3.8, 4) is 0 Å². The minimum Gasteiger partial charge on any atom is -0.311 e. The molecule has 0 aliphatic heterocycles. The molecule has 17 heavy (non-hydrogen) atoms. The smallest absolute Gasteiger partial charge is 0.144 e. The highest BCUT2D eigenvalue weighted by atomic mass is 79.9. The topological polar surface area (TPSA) is 29.1 Å². The summed E-state index contributed by atoms with van der Waals surface area (Å²) < 4.78 is 38.2. The molecule has 0 saturated heterocycles. The summed E-state index contributed by atoms with van der Waals surface area (Å²) >= 11 is 3.01. The normalized spacial score (nSPS) is 14.6. The summed E-state index contributed by atoms with van der Waals surface area (Å²) in [6.07, 6.45) is 1.60. The summed E-state index contributed by atoms with van der Waals surface area (Å²) in [4.78, 5) is 0. The van der Waals surface area contributed by atoms with Crippen LogP contribution in [0.3, 0.4) is 0 Å². The maximum Gasteiger partial charge on any atom is 0.144 e. The lowest BCUT2D eigenvalue weighted by atomic mass is 10.2. The van der Waals surface area contributed by atoms with Gasteiger partial charge in [-0.1, -0.05) is 0 Å². The lowest BCUT2D eigenvalue weighted by molar-refractivity contribution is 0.531. The zero-order valence-corrected chi connectivity index (χ0v) is 12.0. The first-order valence-corrected chi connectivity index (χ1v) is 7.50. The van der Waals surface area contributed by atoms with Gasteiger partial charge in [-0.15, -0.1) is 0 Å². The van der Waals surface area contributed by atoms with Gasteiger partial charge in [0.05, 0.1) is 4.47 Å². The van der Waals surface area contributed by atoms with E-state index in [1.807, 2.05) is 6.92 Å². The van der Waals surface area contributed by atoms with Crippen LogP contribution < -0.4 is 5.32 Å². The third-order valence-electron chi connectivity index (χ3n) is 2.44. The Morgan fingerprint density at radius 1 is 1.47 bits per heavy atom. The molecule has 0 fully saturated rings. The fourth-order valence-electron chi connectivity index (χ4n) is 1.25. The van der Waals surface area contributed by atoms with Crippen molar-refractivity contribution in [2.24, 2.45) is 0 Å². The van der Waals surface area contributed by atoms with Gasteiger partial charge in [0.25, 0.3) is 0 Å². The summed E-state index contributed by atoms with van der Waals surface area (Å²) in [7, 11) is -0.943. The second-order valence-electron chi connectivity index (χ2n) is 3.76. The van der Waals surface area contributed by atoms with E-state index in [0.717, 1.165) is 0 Å².